The number of hydrogen-bond donors (Lipinski definition) is 1. The average Bonchev–Trinajstić information content (AvgIpc) is 2.36. The first kappa shape index (κ1) is 15.6. The molecule has 0 saturated heterocycles. The van der Waals surface area contributed by atoms with Crippen LogP contribution in [0.2, 0.25) is 0 Å². The number of rotatable bonds is 3. The largest absolute Gasteiger partial charge is 0.371 e. The van der Waals surface area contributed by atoms with Crippen molar-refractivity contribution in [3.63, 3.8) is 0 Å². The zero-order chi connectivity index (χ0) is 15.6. The molecule has 1 N–H and O–H groups in total. The summed E-state index contributed by atoms with van der Waals surface area (Å²) in [4.78, 5) is 19.7. The van der Waals surface area contributed by atoms with Crippen molar-refractivity contribution in [3.05, 3.63) is 40.3 Å². The summed E-state index contributed by atoms with van der Waals surface area (Å²) in [5, 5.41) is 4.54. The van der Waals surface area contributed by atoms with E-state index in [-0.39, 0.29) is 5.54 Å². The van der Waals surface area contributed by atoms with Crippen molar-refractivity contribution in [3.8, 4) is 10.6 Å². The molecule has 0 spiro atoms. The van der Waals surface area contributed by atoms with Gasteiger partial charge in [0.1, 0.15) is 5.01 Å². The van der Waals surface area contributed by atoms with Gasteiger partial charge in [0, 0.05) is 11.1 Å². The maximum Gasteiger partial charge on any atom is 0.371 e. The smallest absolute Gasteiger partial charge is 0.357 e. The topological polar surface area (TPSA) is 54.9 Å². The molecule has 0 fully saturated rings. The zero-order valence-corrected chi connectivity index (χ0v) is 13.9. The highest BCUT2D eigenvalue weighted by molar-refractivity contribution is 7.18. The lowest BCUT2D eigenvalue weighted by molar-refractivity contribution is 0.632. The first-order chi connectivity index (χ1) is 9.74. The van der Waals surface area contributed by atoms with Crippen LogP contribution in [0.15, 0.2) is 29.1 Å². The van der Waals surface area contributed by atoms with Crippen molar-refractivity contribution < 1.29 is 0 Å². The molecular formula is C16H21N3OS. The Balaban J connectivity index is 2.44. The Kier molecular flexibility index (Phi) is 4.42. The second-order valence-corrected chi connectivity index (χ2v) is 7.35. The van der Waals surface area contributed by atoms with Crippen LogP contribution >= 0.6 is 11.3 Å². The molecular weight excluding hydrogens is 282 g/mol. The highest BCUT2D eigenvalue weighted by atomic mass is 32.1. The standard InChI is InChI=1S/C16H21N3OS/c1-10(2)11-7-6-8-12(9-11)13-17-14(20)18-15(21-13)19-16(3,4)5/h6-10H,1-5H3,(H,18,19,20). The quantitative estimate of drug-likeness (QED) is 0.934. The second kappa shape index (κ2) is 5.93. The van der Waals surface area contributed by atoms with Crippen molar-refractivity contribution in [1.82, 2.24) is 9.97 Å². The van der Waals surface area contributed by atoms with Crippen LogP contribution in [0, 0.1) is 0 Å². The second-order valence-electron chi connectivity index (χ2n) is 6.37. The summed E-state index contributed by atoms with van der Waals surface area (Å²) in [5.74, 6) is 0.440. The SMILES string of the molecule is CC(C)c1cccc(-c2nc(=O)nc(NC(C)(C)C)s2)c1. The Bertz CT molecular complexity index is 686. The van der Waals surface area contributed by atoms with Crippen LogP contribution < -0.4 is 11.0 Å². The van der Waals surface area contributed by atoms with E-state index in [0.29, 0.717) is 16.1 Å². The predicted molar refractivity (Wildman–Crippen MR) is 89.1 cm³/mol. The van der Waals surface area contributed by atoms with Gasteiger partial charge >= 0.3 is 5.69 Å². The van der Waals surface area contributed by atoms with Crippen LogP contribution in [0.25, 0.3) is 10.6 Å². The van der Waals surface area contributed by atoms with Crippen molar-refractivity contribution >= 4 is 16.5 Å². The summed E-state index contributed by atoms with van der Waals surface area (Å²) in [6, 6.07) is 8.15. The van der Waals surface area contributed by atoms with Crippen LogP contribution in [0.1, 0.15) is 46.1 Å². The zero-order valence-electron chi connectivity index (χ0n) is 13.1. The van der Waals surface area contributed by atoms with Crippen LogP contribution in [0.5, 0.6) is 0 Å². The molecule has 0 aliphatic heterocycles. The summed E-state index contributed by atoms with van der Waals surface area (Å²) in [5.41, 5.74) is 1.60. The van der Waals surface area contributed by atoms with Gasteiger partial charge in [-0.25, -0.2) is 4.79 Å². The molecule has 2 rings (SSSR count). The van der Waals surface area contributed by atoms with Crippen molar-refractivity contribution in [1.29, 1.82) is 0 Å². The lowest BCUT2D eigenvalue weighted by Gasteiger charge is -2.20. The van der Waals surface area contributed by atoms with E-state index in [1.807, 2.05) is 32.9 Å². The van der Waals surface area contributed by atoms with E-state index in [1.165, 1.54) is 16.9 Å². The lowest BCUT2D eigenvalue weighted by Crippen LogP contribution is -2.27. The Labute approximate surface area is 129 Å². The lowest BCUT2D eigenvalue weighted by atomic mass is 10.0. The Hall–Kier alpha value is -1.75. The molecule has 5 heteroatoms. The third kappa shape index (κ3) is 4.36. The van der Waals surface area contributed by atoms with Crippen LogP contribution in [0.4, 0.5) is 5.13 Å². The Morgan fingerprint density at radius 1 is 1.19 bits per heavy atom. The third-order valence-corrected chi connectivity index (χ3v) is 3.78. The van der Waals surface area contributed by atoms with E-state index in [2.05, 4.69) is 41.3 Å². The van der Waals surface area contributed by atoms with Gasteiger partial charge in [-0.15, -0.1) is 0 Å². The fourth-order valence-electron chi connectivity index (χ4n) is 1.86. The molecule has 1 aromatic heterocycles. The predicted octanol–water partition coefficient (Wildman–Crippen LogP) is 3.90. The summed E-state index contributed by atoms with van der Waals surface area (Å²) >= 11 is 1.40. The minimum atomic E-state index is -0.453. The first-order valence-electron chi connectivity index (χ1n) is 7.02. The van der Waals surface area contributed by atoms with Gasteiger partial charge in [-0.3, -0.25) is 0 Å². The Morgan fingerprint density at radius 2 is 1.90 bits per heavy atom. The molecule has 0 aliphatic carbocycles. The van der Waals surface area contributed by atoms with E-state index in [9.17, 15) is 4.79 Å². The monoisotopic (exact) mass is 303 g/mol. The molecule has 0 amide bonds. The van der Waals surface area contributed by atoms with Crippen molar-refractivity contribution in [2.24, 2.45) is 0 Å². The van der Waals surface area contributed by atoms with E-state index < -0.39 is 5.69 Å². The molecule has 0 bridgehead atoms. The molecule has 2 aromatic rings. The summed E-state index contributed by atoms with van der Waals surface area (Å²) < 4.78 is 0. The van der Waals surface area contributed by atoms with E-state index in [4.69, 9.17) is 0 Å². The molecule has 4 nitrogen and oxygen atoms in total. The van der Waals surface area contributed by atoms with Gasteiger partial charge in [0.15, 0.2) is 5.13 Å². The fourth-order valence-corrected chi connectivity index (χ4v) is 2.90. The average molecular weight is 303 g/mol. The highest BCUT2D eigenvalue weighted by Crippen LogP contribution is 2.28. The molecule has 112 valence electrons. The summed E-state index contributed by atoms with van der Waals surface area (Å²) in [7, 11) is 0. The van der Waals surface area contributed by atoms with Crippen LogP contribution in [-0.2, 0) is 0 Å². The molecule has 1 heterocycles. The van der Waals surface area contributed by atoms with E-state index in [1.54, 1.807) is 0 Å². The molecule has 0 aliphatic rings. The normalized spacial score (nSPS) is 11.7. The molecule has 21 heavy (non-hydrogen) atoms. The number of anilines is 1. The molecule has 1 aromatic carbocycles. The maximum absolute atomic E-state index is 11.7. The van der Waals surface area contributed by atoms with Gasteiger partial charge in [-0.05, 0) is 38.3 Å². The number of hydrogen-bond acceptors (Lipinski definition) is 5. The fraction of sp³-hybridized carbons (Fsp3) is 0.438. The number of benzene rings is 1. The van der Waals surface area contributed by atoms with Gasteiger partial charge in [0.25, 0.3) is 0 Å². The first-order valence-corrected chi connectivity index (χ1v) is 7.84. The third-order valence-electron chi connectivity index (χ3n) is 2.87. The van der Waals surface area contributed by atoms with Crippen LogP contribution in [-0.4, -0.2) is 15.5 Å². The minimum Gasteiger partial charge on any atom is -0.357 e. The molecule has 0 atom stereocenters. The van der Waals surface area contributed by atoms with Gasteiger partial charge in [0.2, 0.25) is 0 Å². The van der Waals surface area contributed by atoms with E-state index in [0.717, 1.165) is 5.56 Å². The number of nitrogens with one attached hydrogen (secondary N) is 1. The van der Waals surface area contributed by atoms with Crippen molar-refractivity contribution in [2.45, 2.75) is 46.1 Å². The van der Waals surface area contributed by atoms with Gasteiger partial charge in [-0.1, -0.05) is 43.4 Å². The van der Waals surface area contributed by atoms with Gasteiger partial charge in [-0.2, -0.15) is 9.97 Å². The summed E-state index contributed by atoms with van der Waals surface area (Å²) in [6.45, 7) is 10.4. The van der Waals surface area contributed by atoms with Crippen LogP contribution in [0.3, 0.4) is 0 Å². The number of nitrogens with zero attached hydrogens (tertiary/aromatic N) is 2. The van der Waals surface area contributed by atoms with Crippen molar-refractivity contribution in [2.75, 3.05) is 5.32 Å². The van der Waals surface area contributed by atoms with Gasteiger partial charge in [0.05, 0.1) is 0 Å². The highest BCUT2D eigenvalue weighted by Gasteiger charge is 2.13. The minimum absolute atomic E-state index is 0.144. The van der Waals surface area contributed by atoms with Gasteiger partial charge < -0.3 is 5.32 Å². The molecule has 0 radical (unpaired) electrons. The Morgan fingerprint density at radius 3 is 2.52 bits per heavy atom. The summed E-state index contributed by atoms with van der Waals surface area (Å²) in [6.07, 6.45) is 0. The number of aromatic nitrogens is 2. The van der Waals surface area contributed by atoms with E-state index >= 15 is 0 Å². The maximum atomic E-state index is 11.7. The molecule has 0 unspecified atom stereocenters. The molecule has 0 saturated carbocycles.